The van der Waals surface area contributed by atoms with Gasteiger partial charge in [0.05, 0.1) is 6.42 Å². The van der Waals surface area contributed by atoms with Gasteiger partial charge in [-0.3, -0.25) is 4.79 Å². The summed E-state index contributed by atoms with van der Waals surface area (Å²) in [6.07, 6.45) is 6.14. The van der Waals surface area contributed by atoms with Gasteiger partial charge in [-0.2, -0.15) is 0 Å². The summed E-state index contributed by atoms with van der Waals surface area (Å²) in [5.41, 5.74) is 1.73. The zero-order chi connectivity index (χ0) is 19.4. The highest BCUT2D eigenvalue weighted by molar-refractivity contribution is 5.79. The molecule has 1 aliphatic rings. The second-order valence-corrected chi connectivity index (χ2v) is 7.71. The van der Waals surface area contributed by atoms with Crippen LogP contribution >= 0.6 is 0 Å². The molecule has 0 spiro atoms. The van der Waals surface area contributed by atoms with Crippen molar-refractivity contribution in [3.05, 3.63) is 53.4 Å². The molecule has 1 atom stereocenters. The van der Waals surface area contributed by atoms with Crippen molar-refractivity contribution < 1.29 is 9.18 Å². The van der Waals surface area contributed by atoms with Crippen molar-refractivity contribution in [1.82, 2.24) is 19.4 Å². The van der Waals surface area contributed by atoms with E-state index in [-0.39, 0.29) is 24.1 Å². The molecular weight excluding hydrogens is 343 g/mol. The molecule has 0 aliphatic carbocycles. The van der Waals surface area contributed by atoms with E-state index in [0.29, 0.717) is 6.54 Å². The molecule has 3 rings (SSSR count). The van der Waals surface area contributed by atoms with Gasteiger partial charge >= 0.3 is 0 Å². The minimum absolute atomic E-state index is 0.0693. The molecule has 0 saturated carbocycles. The molecule has 1 aliphatic heterocycles. The first-order valence-corrected chi connectivity index (χ1v) is 9.62. The van der Waals surface area contributed by atoms with Gasteiger partial charge in [0.1, 0.15) is 11.6 Å². The van der Waals surface area contributed by atoms with Crippen LogP contribution in [0.3, 0.4) is 0 Å². The van der Waals surface area contributed by atoms with Gasteiger partial charge in [0, 0.05) is 44.5 Å². The molecule has 146 valence electrons. The third kappa shape index (κ3) is 4.95. The molecule has 6 heteroatoms. The van der Waals surface area contributed by atoms with E-state index in [1.54, 1.807) is 6.07 Å². The summed E-state index contributed by atoms with van der Waals surface area (Å²) in [4.78, 5) is 21.5. The van der Waals surface area contributed by atoms with Gasteiger partial charge in [0.25, 0.3) is 0 Å². The number of rotatable bonds is 6. The van der Waals surface area contributed by atoms with Crippen LogP contribution in [-0.2, 0) is 17.8 Å². The largest absolute Gasteiger partial charge is 0.342 e. The summed E-state index contributed by atoms with van der Waals surface area (Å²) in [7, 11) is 4.12. The van der Waals surface area contributed by atoms with Gasteiger partial charge < -0.3 is 14.4 Å². The van der Waals surface area contributed by atoms with Crippen LogP contribution in [0.1, 0.15) is 35.7 Å². The minimum atomic E-state index is -0.289. The van der Waals surface area contributed by atoms with E-state index in [4.69, 9.17) is 0 Å². The maximum absolute atomic E-state index is 13.5. The molecule has 1 saturated heterocycles. The number of imidazole rings is 1. The smallest absolute Gasteiger partial charge is 0.227 e. The Morgan fingerprint density at radius 1 is 1.37 bits per heavy atom. The van der Waals surface area contributed by atoms with Gasteiger partial charge in [-0.25, -0.2) is 9.37 Å². The second-order valence-electron chi connectivity index (χ2n) is 7.71. The van der Waals surface area contributed by atoms with E-state index < -0.39 is 0 Å². The molecule has 0 radical (unpaired) electrons. The molecule has 1 fully saturated rings. The topological polar surface area (TPSA) is 41.4 Å². The zero-order valence-corrected chi connectivity index (χ0v) is 16.5. The molecule has 0 bridgehead atoms. The SMILES string of the molecule is Cc1ccc(F)cc1CC(=O)N1CCC[C@H](c2nccn2CCN(C)C)C1. The number of carbonyl (C=O) groups excluding carboxylic acids is 1. The lowest BCUT2D eigenvalue weighted by Gasteiger charge is -2.33. The summed E-state index contributed by atoms with van der Waals surface area (Å²) >= 11 is 0. The Balaban J connectivity index is 1.66. The average molecular weight is 372 g/mol. The van der Waals surface area contributed by atoms with Crippen LogP contribution in [0.2, 0.25) is 0 Å². The lowest BCUT2D eigenvalue weighted by Crippen LogP contribution is -2.40. The zero-order valence-electron chi connectivity index (χ0n) is 16.5. The van der Waals surface area contributed by atoms with Gasteiger partial charge in [-0.15, -0.1) is 0 Å². The Kier molecular flexibility index (Phi) is 6.26. The Morgan fingerprint density at radius 2 is 2.19 bits per heavy atom. The second kappa shape index (κ2) is 8.65. The standard InChI is InChI=1S/C21H29FN4O/c1-16-6-7-19(22)13-18(16)14-20(27)26-9-4-5-17(15-26)21-23-8-10-25(21)12-11-24(2)3/h6-8,10,13,17H,4-5,9,11-12,14-15H2,1-3H3/t17-/m0/s1. The van der Waals surface area contributed by atoms with Crippen LogP contribution in [0.4, 0.5) is 4.39 Å². The number of aryl methyl sites for hydroxylation is 1. The first-order chi connectivity index (χ1) is 12.9. The summed E-state index contributed by atoms with van der Waals surface area (Å²) in [5.74, 6) is 1.10. The van der Waals surface area contributed by atoms with E-state index in [2.05, 4.69) is 28.5 Å². The summed E-state index contributed by atoms with van der Waals surface area (Å²) in [6, 6.07) is 4.65. The molecule has 1 amide bonds. The first-order valence-electron chi connectivity index (χ1n) is 9.62. The van der Waals surface area contributed by atoms with Crippen LogP contribution in [-0.4, -0.2) is 59.0 Å². The highest BCUT2D eigenvalue weighted by Gasteiger charge is 2.27. The first kappa shape index (κ1) is 19.5. The molecule has 27 heavy (non-hydrogen) atoms. The molecule has 5 nitrogen and oxygen atoms in total. The van der Waals surface area contributed by atoms with Crippen molar-refractivity contribution in [1.29, 1.82) is 0 Å². The maximum Gasteiger partial charge on any atom is 0.227 e. The van der Waals surface area contributed by atoms with Crippen LogP contribution in [0.15, 0.2) is 30.6 Å². The van der Waals surface area contributed by atoms with Gasteiger partial charge in [0.2, 0.25) is 5.91 Å². The monoisotopic (exact) mass is 372 g/mol. The van der Waals surface area contributed by atoms with Crippen LogP contribution in [0.5, 0.6) is 0 Å². The van der Waals surface area contributed by atoms with Gasteiger partial charge in [0.15, 0.2) is 0 Å². The molecule has 0 N–H and O–H groups in total. The van der Waals surface area contributed by atoms with Crippen LogP contribution in [0.25, 0.3) is 0 Å². The Hall–Kier alpha value is -2.21. The highest BCUT2D eigenvalue weighted by Crippen LogP contribution is 2.26. The number of carbonyl (C=O) groups is 1. The third-order valence-corrected chi connectivity index (χ3v) is 5.33. The van der Waals surface area contributed by atoms with Crippen molar-refractivity contribution in [2.45, 2.75) is 38.6 Å². The summed E-state index contributed by atoms with van der Waals surface area (Å²) < 4.78 is 15.7. The fourth-order valence-electron chi connectivity index (χ4n) is 3.70. The number of halogens is 1. The van der Waals surface area contributed by atoms with Gasteiger partial charge in [-0.05, 0) is 57.1 Å². The number of aromatic nitrogens is 2. The Bertz CT molecular complexity index is 786. The quantitative estimate of drug-likeness (QED) is 0.783. The Morgan fingerprint density at radius 3 is 2.96 bits per heavy atom. The molecule has 0 unspecified atom stereocenters. The van der Waals surface area contributed by atoms with Crippen molar-refractivity contribution in [3.63, 3.8) is 0 Å². The summed E-state index contributed by atoms with van der Waals surface area (Å²) in [5, 5.41) is 0. The van der Waals surface area contributed by atoms with Gasteiger partial charge in [-0.1, -0.05) is 6.07 Å². The number of benzene rings is 1. The number of hydrogen-bond acceptors (Lipinski definition) is 3. The van der Waals surface area contributed by atoms with E-state index in [0.717, 1.165) is 49.4 Å². The Labute approximate surface area is 160 Å². The summed E-state index contributed by atoms with van der Waals surface area (Å²) in [6.45, 7) is 5.23. The molecule has 2 aromatic rings. The lowest BCUT2D eigenvalue weighted by atomic mass is 9.96. The van der Waals surface area contributed by atoms with Crippen molar-refractivity contribution in [2.24, 2.45) is 0 Å². The number of amides is 1. The molecule has 2 heterocycles. The fourth-order valence-corrected chi connectivity index (χ4v) is 3.70. The van der Waals surface area contributed by atoms with Crippen LogP contribution < -0.4 is 0 Å². The van der Waals surface area contributed by atoms with Crippen LogP contribution in [0, 0.1) is 12.7 Å². The van der Waals surface area contributed by atoms with Crippen molar-refractivity contribution >= 4 is 5.91 Å². The third-order valence-electron chi connectivity index (χ3n) is 5.33. The average Bonchev–Trinajstić information content (AvgIpc) is 3.12. The van der Waals surface area contributed by atoms with Crippen molar-refractivity contribution in [2.75, 3.05) is 33.7 Å². The molecule has 1 aromatic heterocycles. The maximum atomic E-state index is 13.5. The number of likely N-dealkylation sites (tertiary alicyclic amines) is 1. The van der Waals surface area contributed by atoms with E-state index >= 15 is 0 Å². The number of nitrogens with zero attached hydrogens (tertiary/aromatic N) is 4. The molecule has 1 aromatic carbocycles. The van der Waals surface area contributed by atoms with E-state index in [1.807, 2.05) is 24.2 Å². The fraction of sp³-hybridized carbons (Fsp3) is 0.524. The molecular formula is C21H29FN4O. The number of hydrogen-bond donors (Lipinski definition) is 0. The highest BCUT2D eigenvalue weighted by atomic mass is 19.1. The van der Waals surface area contributed by atoms with E-state index in [1.165, 1.54) is 12.1 Å². The normalized spacial score (nSPS) is 17.5. The van der Waals surface area contributed by atoms with Crippen molar-refractivity contribution in [3.8, 4) is 0 Å². The minimum Gasteiger partial charge on any atom is -0.342 e. The lowest BCUT2D eigenvalue weighted by molar-refractivity contribution is -0.131. The van der Waals surface area contributed by atoms with E-state index in [9.17, 15) is 9.18 Å². The predicted molar refractivity (Wildman–Crippen MR) is 104 cm³/mol. The number of piperidine rings is 1. The predicted octanol–water partition coefficient (Wildman–Crippen LogP) is 2.84. The number of likely N-dealkylation sites (N-methyl/N-ethyl adjacent to an activating group) is 1.